The van der Waals surface area contributed by atoms with Crippen LogP contribution in [0.25, 0.3) is 0 Å². The molecule has 1 aromatic carbocycles. The summed E-state index contributed by atoms with van der Waals surface area (Å²) >= 11 is 31.0. The molecule has 0 aromatic heterocycles. The van der Waals surface area contributed by atoms with Crippen LogP contribution in [0.2, 0.25) is 43.2 Å². The van der Waals surface area contributed by atoms with Crippen LogP contribution >= 0.6 is 58.0 Å². The summed E-state index contributed by atoms with van der Waals surface area (Å²) in [5.41, 5.74) is -0.514. The van der Waals surface area contributed by atoms with E-state index in [0.29, 0.717) is 5.92 Å². The van der Waals surface area contributed by atoms with E-state index in [-0.39, 0.29) is 41.8 Å². The van der Waals surface area contributed by atoms with Gasteiger partial charge in [-0.25, -0.2) is 0 Å². The molecule has 0 spiro atoms. The van der Waals surface area contributed by atoms with Crippen molar-refractivity contribution < 1.29 is 14.0 Å². The molecule has 2 saturated carbocycles. The largest absolute Gasteiger partial charge is 0.423 e. The number of hydrogen-bond acceptors (Lipinski definition) is 3. The number of carbonyl (C=O) groups is 1. The van der Waals surface area contributed by atoms with Gasteiger partial charge in [0.2, 0.25) is 0 Å². The van der Waals surface area contributed by atoms with Gasteiger partial charge < -0.3 is 9.16 Å². The van der Waals surface area contributed by atoms with E-state index in [2.05, 4.69) is 33.9 Å². The molecule has 1 aromatic rings. The first-order chi connectivity index (χ1) is 14.7. The molecule has 2 aliphatic rings. The molecular weight excluding hydrogens is 530 g/mol. The second-order valence-electron chi connectivity index (χ2n) is 10.6. The molecule has 180 valence electrons. The molecule has 3 rings (SSSR count). The Hall–Kier alpha value is 0.317. The lowest BCUT2D eigenvalue weighted by Gasteiger charge is -2.59. The normalized spacial score (nSPS) is 26.6. The topological polar surface area (TPSA) is 35.5 Å². The summed E-state index contributed by atoms with van der Waals surface area (Å²) in [5, 5.41) is 0.0393. The average Bonchev–Trinajstić information content (AvgIpc) is 2.69. The third-order valence-corrected chi connectivity index (χ3v) is 14.3. The summed E-state index contributed by atoms with van der Waals surface area (Å²) in [6.45, 7) is 11.1. The maximum Gasteiger partial charge on any atom is 0.317 e. The smallest absolute Gasteiger partial charge is 0.317 e. The van der Waals surface area contributed by atoms with Gasteiger partial charge in [-0.2, -0.15) is 0 Å². The summed E-state index contributed by atoms with van der Waals surface area (Å²) in [4.78, 5) is 13.5. The number of ether oxygens (including phenoxy) is 1. The minimum Gasteiger partial charge on any atom is -0.423 e. The second-order valence-corrected chi connectivity index (χ2v) is 17.2. The fourth-order valence-corrected chi connectivity index (χ4v) is 7.53. The van der Waals surface area contributed by atoms with E-state index in [1.54, 1.807) is 0 Å². The molecule has 32 heavy (non-hydrogen) atoms. The Bertz CT molecular complexity index is 870. The van der Waals surface area contributed by atoms with Gasteiger partial charge in [0.15, 0.2) is 14.1 Å². The van der Waals surface area contributed by atoms with Crippen molar-refractivity contribution in [3.05, 3.63) is 25.1 Å². The van der Waals surface area contributed by atoms with Gasteiger partial charge in [-0.1, -0.05) is 104 Å². The van der Waals surface area contributed by atoms with Gasteiger partial charge in [0.05, 0.1) is 26.6 Å². The van der Waals surface area contributed by atoms with Gasteiger partial charge in [-0.15, -0.1) is 0 Å². The number of halogens is 5. The Kier molecular flexibility index (Phi) is 8.21. The number of benzene rings is 1. The molecule has 0 radical (unpaired) electrons. The highest BCUT2D eigenvalue weighted by Gasteiger charge is 2.62. The predicted octanol–water partition coefficient (Wildman–Crippen LogP) is 9.61. The first-order valence-electron chi connectivity index (χ1n) is 11.2. The van der Waals surface area contributed by atoms with E-state index in [1.807, 2.05) is 0 Å². The fourth-order valence-electron chi connectivity index (χ4n) is 4.67. The maximum atomic E-state index is 13.5. The lowest BCUT2D eigenvalue weighted by Crippen LogP contribution is -2.66. The van der Waals surface area contributed by atoms with E-state index >= 15 is 0 Å². The van der Waals surface area contributed by atoms with Crippen LogP contribution in [0.4, 0.5) is 0 Å². The van der Waals surface area contributed by atoms with Crippen molar-refractivity contribution in [2.45, 2.75) is 89.5 Å². The number of carbonyl (C=O) groups excluding carboxylic acids is 1. The molecule has 0 unspecified atom stereocenters. The SMILES string of the molecule is CC(C)(C)[Si](C)(C)O[C@]12CCCCCC[C@H]1C[C@H]2C(=O)Oc1c(Cl)c(Cl)c(Cl)c(Cl)c1Cl. The Morgan fingerprint density at radius 3 is 2.00 bits per heavy atom. The van der Waals surface area contributed by atoms with Gasteiger partial charge in [-0.05, 0) is 43.3 Å². The van der Waals surface area contributed by atoms with Crippen LogP contribution in [-0.2, 0) is 9.22 Å². The molecule has 3 atom stereocenters. The highest BCUT2D eigenvalue weighted by atomic mass is 35.5. The van der Waals surface area contributed by atoms with Crippen molar-refractivity contribution in [1.29, 1.82) is 0 Å². The molecule has 2 fully saturated rings. The first kappa shape index (κ1) is 26.9. The van der Waals surface area contributed by atoms with Crippen molar-refractivity contribution in [2.75, 3.05) is 0 Å². The average molecular weight is 561 g/mol. The maximum absolute atomic E-state index is 13.5. The molecule has 0 saturated heterocycles. The first-order valence-corrected chi connectivity index (χ1v) is 16.0. The standard InChI is InChI=1S/C23H31Cl5O3Si/c1-22(2,3)32(4,5)31-23-11-9-7-6-8-10-13(23)12-14(23)21(29)30-20-18(27)16(25)15(24)17(26)19(20)28/h13-14H,6-12H2,1-5H3/t13-,14-,23+/m0/s1. The van der Waals surface area contributed by atoms with Crippen molar-refractivity contribution in [3.63, 3.8) is 0 Å². The zero-order chi connectivity index (χ0) is 24.1. The molecule has 0 amide bonds. The molecule has 9 heteroatoms. The molecule has 3 nitrogen and oxygen atoms in total. The summed E-state index contributed by atoms with van der Waals surface area (Å²) in [6, 6.07) is 0. The second kappa shape index (κ2) is 9.76. The molecule has 0 aliphatic heterocycles. The molecule has 0 bridgehead atoms. The van der Waals surface area contributed by atoms with Crippen LogP contribution in [0.1, 0.15) is 65.7 Å². The van der Waals surface area contributed by atoms with Crippen LogP contribution in [-0.4, -0.2) is 19.9 Å². The van der Waals surface area contributed by atoms with Crippen molar-refractivity contribution >= 4 is 72.3 Å². The summed E-state index contributed by atoms with van der Waals surface area (Å²) in [6.07, 6.45) is 7.24. The Labute approximate surface area is 217 Å². The van der Waals surface area contributed by atoms with Gasteiger partial charge in [0.1, 0.15) is 10.0 Å². The van der Waals surface area contributed by atoms with E-state index in [9.17, 15) is 4.79 Å². The zero-order valence-electron chi connectivity index (χ0n) is 19.2. The third-order valence-electron chi connectivity index (χ3n) is 7.58. The zero-order valence-corrected chi connectivity index (χ0v) is 24.0. The predicted molar refractivity (Wildman–Crippen MR) is 137 cm³/mol. The van der Waals surface area contributed by atoms with E-state index in [4.69, 9.17) is 67.2 Å². The molecular formula is C23H31Cl5O3Si. The minimum absolute atomic E-state index is 0.00945. The Morgan fingerprint density at radius 2 is 1.44 bits per heavy atom. The van der Waals surface area contributed by atoms with E-state index < -0.39 is 19.9 Å². The van der Waals surface area contributed by atoms with Gasteiger partial charge in [0, 0.05) is 0 Å². The summed E-state index contributed by atoms with van der Waals surface area (Å²) in [7, 11) is -2.14. The molecule has 2 aliphatic carbocycles. The molecule has 0 N–H and O–H groups in total. The van der Waals surface area contributed by atoms with Gasteiger partial charge in [0.25, 0.3) is 0 Å². The van der Waals surface area contributed by atoms with Crippen molar-refractivity contribution in [2.24, 2.45) is 11.8 Å². The minimum atomic E-state index is -2.14. The van der Waals surface area contributed by atoms with Gasteiger partial charge >= 0.3 is 5.97 Å². The quantitative estimate of drug-likeness (QED) is 0.121. The highest BCUT2D eigenvalue weighted by molar-refractivity contribution is 6.74. The monoisotopic (exact) mass is 558 g/mol. The van der Waals surface area contributed by atoms with Crippen molar-refractivity contribution in [3.8, 4) is 5.75 Å². The summed E-state index contributed by atoms with van der Waals surface area (Å²) in [5.74, 6) is -0.494. The Balaban J connectivity index is 1.95. The van der Waals surface area contributed by atoms with Crippen LogP contribution in [0.5, 0.6) is 5.75 Å². The highest BCUT2D eigenvalue weighted by Crippen LogP contribution is 2.57. The fraction of sp³-hybridized carbons (Fsp3) is 0.696. The number of rotatable bonds is 4. The van der Waals surface area contributed by atoms with Crippen LogP contribution in [0, 0.1) is 11.8 Å². The number of esters is 1. The number of hydrogen-bond donors (Lipinski definition) is 0. The lowest BCUT2D eigenvalue weighted by atomic mass is 9.56. The summed E-state index contributed by atoms with van der Waals surface area (Å²) < 4.78 is 12.8. The van der Waals surface area contributed by atoms with E-state index in [1.165, 1.54) is 6.42 Å². The van der Waals surface area contributed by atoms with Gasteiger partial charge in [-0.3, -0.25) is 4.79 Å². The number of fused-ring (bicyclic) bond motifs is 1. The van der Waals surface area contributed by atoms with Crippen LogP contribution in [0.15, 0.2) is 0 Å². The Morgan fingerprint density at radius 1 is 0.906 bits per heavy atom. The van der Waals surface area contributed by atoms with Crippen molar-refractivity contribution in [1.82, 2.24) is 0 Å². The lowest BCUT2D eigenvalue weighted by molar-refractivity contribution is -0.182. The molecule has 0 heterocycles. The van der Waals surface area contributed by atoms with Crippen LogP contribution < -0.4 is 4.74 Å². The third kappa shape index (κ3) is 4.85. The van der Waals surface area contributed by atoms with E-state index in [0.717, 1.165) is 38.5 Å². The van der Waals surface area contributed by atoms with Crippen LogP contribution in [0.3, 0.4) is 0 Å².